The summed E-state index contributed by atoms with van der Waals surface area (Å²) in [5, 5.41) is 5.66. The zero-order valence-electron chi connectivity index (χ0n) is 15.9. The number of hydrogen-bond donors (Lipinski definition) is 2. The topological polar surface area (TPSA) is 91.7 Å². The van der Waals surface area contributed by atoms with Gasteiger partial charge in [-0.15, -0.1) is 0 Å². The summed E-state index contributed by atoms with van der Waals surface area (Å²) in [7, 11) is 0. The molecule has 0 saturated carbocycles. The van der Waals surface area contributed by atoms with Crippen molar-refractivity contribution in [3.8, 4) is 0 Å². The van der Waals surface area contributed by atoms with Crippen LogP contribution in [0.3, 0.4) is 0 Å². The number of amides is 3. The van der Waals surface area contributed by atoms with Gasteiger partial charge in [0.2, 0.25) is 11.8 Å². The number of anilines is 1. The lowest BCUT2D eigenvalue weighted by Gasteiger charge is -2.24. The molecule has 7 nitrogen and oxygen atoms in total. The maximum absolute atomic E-state index is 12.5. The molecule has 1 unspecified atom stereocenters. The van der Waals surface area contributed by atoms with Crippen molar-refractivity contribution in [1.29, 1.82) is 0 Å². The summed E-state index contributed by atoms with van der Waals surface area (Å²) < 4.78 is 5.06. The van der Waals surface area contributed by atoms with E-state index >= 15 is 0 Å². The summed E-state index contributed by atoms with van der Waals surface area (Å²) in [4.78, 5) is 38.3. The molecule has 2 N–H and O–H groups in total. The highest BCUT2D eigenvalue weighted by atomic mass is 16.3. The van der Waals surface area contributed by atoms with Crippen LogP contribution in [0.5, 0.6) is 0 Å². The van der Waals surface area contributed by atoms with Crippen LogP contribution < -0.4 is 10.6 Å². The predicted molar refractivity (Wildman–Crippen MR) is 105 cm³/mol. The number of benzene rings is 1. The first kappa shape index (κ1) is 19.7. The van der Waals surface area contributed by atoms with Crippen molar-refractivity contribution >= 4 is 23.4 Å². The standard InChI is InChI=1S/C21H25N3O4/c1-2-5-19(25)24-12-3-6-17(24)20(26)22-14-15-8-10-16(11-9-15)23-21(27)18-7-4-13-28-18/h4,7-11,13,17H,2-3,5-6,12,14H2,1H3,(H,22,26)(H,23,27). The minimum atomic E-state index is -0.370. The zero-order chi connectivity index (χ0) is 19.9. The SMILES string of the molecule is CCCC(=O)N1CCCC1C(=O)NCc1ccc(NC(=O)c2ccco2)cc1. The van der Waals surface area contributed by atoms with E-state index in [4.69, 9.17) is 4.42 Å². The monoisotopic (exact) mass is 383 g/mol. The molecule has 148 valence electrons. The van der Waals surface area contributed by atoms with E-state index in [1.54, 1.807) is 29.2 Å². The lowest BCUT2D eigenvalue weighted by atomic mass is 10.1. The Labute approximate surface area is 164 Å². The number of rotatable bonds is 7. The zero-order valence-corrected chi connectivity index (χ0v) is 15.9. The van der Waals surface area contributed by atoms with Crippen molar-refractivity contribution in [2.45, 2.75) is 45.2 Å². The van der Waals surface area contributed by atoms with Gasteiger partial charge in [-0.25, -0.2) is 0 Å². The van der Waals surface area contributed by atoms with Crippen LogP contribution in [0, 0.1) is 0 Å². The van der Waals surface area contributed by atoms with Crippen LogP contribution in [0.2, 0.25) is 0 Å². The first-order valence-electron chi connectivity index (χ1n) is 9.59. The summed E-state index contributed by atoms with van der Waals surface area (Å²) >= 11 is 0. The molecular formula is C21H25N3O4. The number of furan rings is 1. The molecule has 2 aromatic rings. The van der Waals surface area contributed by atoms with Crippen LogP contribution in [0.15, 0.2) is 47.1 Å². The second-order valence-corrected chi connectivity index (χ2v) is 6.84. The molecule has 1 aliphatic heterocycles. The van der Waals surface area contributed by atoms with Crippen LogP contribution >= 0.6 is 0 Å². The highest BCUT2D eigenvalue weighted by molar-refractivity contribution is 6.02. The molecule has 1 saturated heterocycles. The fraction of sp³-hybridized carbons (Fsp3) is 0.381. The van der Waals surface area contributed by atoms with E-state index in [-0.39, 0.29) is 29.5 Å². The Bertz CT molecular complexity index is 815. The molecule has 1 aromatic heterocycles. The van der Waals surface area contributed by atoms with Gasteiger partial charge in [0, 0.05) is 25.2 Å². The summed E-state index contributed by atoms with van der Waals surface area (Å²) in [5.41, 5.74) is 1.55. The Morgan fingerprint density at radius 1 is 1.18 bits per heavy atom. The normalized spacial score (nSPS) is 16.0. The minimum Gasteiger partial charge on any atom is -0.459 e. The van der Waals surface area contributed by atoms with Crippen molar-refractivity contribution in [1.82, 2.24) is 10.2 Å². The summed E-state index contributed by atoms with van der Waals surface area (Å²) in [6.45, 7) is 2.99. The van der Waals surface area contributed by atoms with E-state index in [1.807, 2.05) is 19.1 Å². The average Bonchev–Trinajstić information content (AvgIpc) is 3.39. The molecule has 0 aliphatic carbocycles. The second-order valence-electron chi connectivity index (χ2n) is 6.84. The quantitative estimate of drug-likeness (QED) is 0.769. The molecule has 0 spiro atoms. The van der Waals surface area contributed by atoms with Crippen molar-refractivity contribution in [2.24, 2.45) is 0 Å². The third-order valence-corrected chi connectivity index (χ3v) is 4.76. The molecule has 0 radical (unpaired) electrons. The van der Waals surface area contributed by atoms with Gasteiger partial charge in [-0.3, -0.25) is 14.4 Å². The van der Waals surface area contributed by atoms with Gasteiger partial charge >= 0.3 is 0 Å². The van der Waals surface area contributed by atoms with Gasteiger partial charge in [-0.1, -0.05) is 19.1 Å². The lowest BCUT2D eigenvalue weighted by molar-refractivity contribution is -0.138. The Hall–Kier alpha value is -3.09. The number of nitrogens with one attached hydrogen (secondary N) is 2. The first-order chi connectivity index (χ1) is 13.6. The molecule has 1 atom stereocenters. The fourth-order valence-electron chi connectivity index (χ4n) is 3.31. The molecule has 3 amide bonds. The summed E-state index contributed by atoms with van der Waals surface area (Å²) in [6, 6.07) is 10.1. The highest BCUT2D eigenvalue weighted by Gasteiger charge is 2.33. The van der Waals surface area contributed by atoms with E-state index in [9.17, 15) is 14.4 Å². The largest absolute Gasteiger partial charge is 0.459 e. The number of carbonyl (C=O) groups is 3. The highest BCUT2D eigenvalue weighted by Crippen LogP contribution is 2.19. The van der Waals surface area contributed by atoms with Gasteiger partial charge < -0.3 is 20.0 Å². The van der Waals surface area contributed by atoms with Gasteiger partial charge in [0.15, 0.2) is 5.76 Å². The fourth-order valence-corrected chi connectivity index (χ4v) is 3.31. The van der Waals surface area contributed by atoms with Crippen LogP contribution in [0.25, 0.3) is 0 Å². The third kappa shape index (κ3) is 4.79. The van der Waals surface area contributed by atoms with E-state index in [1.165, 1.54) is 6.26 Å². The average molecular weight is 383 g/mol. The lowest BCUT2D eigenvalue weighted by Crippen LogP contribution is -2.45. The molecule has 0 bridgehead atoms. The molecule has 2 heterocycles. The molecular weight excluding hydrogens is 358 g/mol. The molecule has 7 heteroatoms. The minimum absolute atomic E-state index is 0.0526. The third-order valence-electron chi connectivity index (χ3n) is 4.76. The number of likely N-dealkylation sites (tertiary alicyclic amines) is 1. The van der Waals surface area contributed by atoms with Crippen molar-refractivity contribution in [3.05, 3.63) is 54.0 Å². The van der Waals surface area contributed by atoms with Crippen molar-refractivity contribution < 1.29 is 18.8 Å². The van der Waals surface area contributed by atoms with Gasteiger partial charge in [0.25, 0.3) is 5.91 Å². The summed E-state index contributed by atoms with van der Waals surface area (Å²) in [5.74, 6) is -0.131. The Kier molecular flexibility index (Phi) is 6.47. The Morgan fingerprint density at radius 3 is 2.64 bits per heavy atom. The second kappa shape index (κ2) is 9.21. The number of carbonyl (C=O) groups excluding carboxylic acids is 3. The van der Waals surface area contributed by atoms with Gasteiger partial charge in [-0.2, -0.15) is 0 Å². The molecule has 1 aliphatic rings. The van der Waals surface area contributed by atoms with Crippen LogP contribution in [-0.4, -0.2) is 35.2 Å². The molecule has 3 rings (SSSR count). The van der Waals surface area contributed by atoms with E-state index in [2.05, 4.69) is 10.6 Å². The number of hydrogen-bond acceptors (Lipinski definition) is 4. The van der Waals surface area contributed by atoms with Crippen LogP contribution in [0.4, 0.5) is 5.69 Å². The van der Waals surface area contributed by atoms with Gasteiger partial charge in [0.1, 0.15) is 6.04 Å². The van der Waals surface area contributed by atoms with Crippen LogP contribution in [-0.2, 0) is 16.1 Å². The maximum atomic E-state index is 12.5. The van der Waals surface area contributed by atoms with Crippen molar-refractivity contribution in [3.63, 3.8) is 0 Å². The number of nitrogens with zero attached hydrogens (tertiary/aromatic N) is 1. The molecule has 1 fully saturated rings. The smallest absolute Gasteiger partial charge is 0.291 e. The molecule has 28 heavy (non-hydrogen) atoms. The maximum Gasteiger partial charge on any atom is 0.291 e. The van der Waals surface area contributed by atoms with Gasteiger partial charge in [-0.05, 0) is 49.1 Å². The van der Waals surface area contributed by atoms with Crippen LogP contribution in [0.1, 0.15) is 48.7 Å². The van der Waals surface area contributed by atoms with E-state index < -0.39 is 0 Å². The van der Waals surface area contributed by atoms with E-state index in [0.29, 0.717) is 31.6 Å². The first-order valence-corrected chi connectivity index (χ1v) is 9.59. The predicted octanol–water partition coefficient (Wildman–Crippen LogP) is 2.94. The van der Waals surface area contributed by atoms with Crippen molar-refractivity contribution in [2.75, 3.05) is 11.9 Å². The Morgan fingerprint density at radius 2 is 1.96 bits per heavy atom. The molecule has 1 aromatic carbocycles. The Balaban J connectivity index is 1.51. The summed E-state index contributed by atoms with van der Waals surface area (Å²) in [6.07, 6.45) is 4.28. The van der Waals surface area contributed by atoms with E-state index in [0.717, 1.165) is 18.4 Å². The van der Waals surface area contributed by atoms with Gasteiger partial charge in [0.05, 0.1) is 6.26 Å².